The Morgan fingerprint density at radius 2 is 2.33 bits per heavy atom. The maximum absolute atomic E-state index is 12.0. The van der Waals surface area contributed by atoms with Gasteiger partial charge in [0, 0.05) is 18.9 Å². The van der Waals surface area contributed by atoms with Crippen LogP contribution >= 0.6 is 11.3 Å². The highest BCUT2D eigenvalue weighted by Gasteiger charge is 2.25. The number of carbonyl (C=O) groups is 1. The Labute approximate surface area is 144 Å². The minimum atomic E-state index is -0.0522. The molecule has 24 heavy (non-hydrogen) atoms. The molecule has 1 aliphatic rings. The van der Waals surface area contributed by atoms with Crippen molar-refractivity contribution in [1.29, 1.82) is 5.26 Å². The molecule has 2 aromatic rings. The molecule has 1 fully saturated rings. The standard InChI is InChI=1S/C16H19N5O2S/c1-11-18-15(23-20-11)12-2-6-21(7-3-12)8-4-14(22)19-16-13(10-17)5-9-24-16/h5,9,12H,2-4,6-8H2,1H3,(H,19,22). The lowest BCUT2D eigenvalue weighted by atomic mass is 9.96. The van der Waals surface area contributed by atoms with Crippen LogP contribution in [0.1, 0.15) is 42.5 Å². The molecular weight excluding hydrogens is 326 g/mol. The minimum Gasteiger partial charge on any atom is -0.339 e. The van der Waals surface area contributed by atoms with Crippen LogP contribution in [0.2, 0.25) is 0 Å². The number of aromatic nitrogens is 2. The molecule has 1 amide bonds. The van der Waals surface area contributed by atoms with Gasteiger partial charge in [-0.2, -0.15) is 10.2 Å². The first-order valence-electron chi connectivity index (χ1n) is 7.95. The number of nitrogens with one attached hydrogen (secondary N) is 1. The molecule has 1 N–H and O–H groups in total. The van der Waals surface area contributed by atoms with Crippen LogP contribution in [-0.4, -0.2) is 40.6 Å². The van der Waals surface area contributed by atoms with E-state index in [1.54, 1.807) is 11.4 Å². The Hall–Kier alpha value is -2.24. The lowest BCUT2D eigenvalue weighted by Gasteiger charge is -2.29. The first-order chi connectivity index (χ1) is 11.7. The number of rotatable bonds is 5. The Morgan fingerprint density at radius 3 is 3.00 bits per heavy atom. The zero-order valence-corrected chi connectivity index (χ0v) is 14.3. The van der Waals surface area contributed by atoms with Crippen molar-refractivity contribution in [3.63, 3.8) is 0 Å². The fourth-order valence-corrected chi connectivity index (χ4v) is 3.58. The minimum absolute atomic E-state index is 0.0522. The van der Waals surface area contributed by atoms with E-state index in [4.69, 9.17) is 9.78 Å². The van der Waals surface area contributed by atoms with E-state index in [1.165, 1.54) is 11.3 Å². The zero-order valence-electron chi connectivity index (χ0n) is 13.5. The van der Waals surface area contributed by atoms with Gasteiger partial charge in [-0.1, -0.05) is 5.16 Å². The van der Waals surface area contributed by atoms with Crippen molar-refractivity contribution in [2.45, 2.75) is 32.1 Å². The molecule has 126 valence electrons. The molecule has 1 saturated heterocycles. The van der Waals surface area contributed by atoms with Gasteiger partial charge in [-0.3, -0.25) is 4.79 Å². The molecule has 0 aliphatic carbocycles. The molecule has 3 rings (SSSR count). The second kappa shape index (κ2) is 7.55. The second-order valence-corrected chi connectivity index (χ2v) is 6.79. The monoisotopic (exact) mass is 345 g/mol. The Bertz CT molecular complexity index is 740. The number of nitriles is 1. The van der Waals surface area contributed by atoms with Gasteiger partial charge < -0.3 is 14.7 Å². The predicted molar refractivity (Wildman–Crippen MR) is 89.7 cm³/mol. The number of piperidine rings is 1. The largest absolute Gasteiger partial charge is 0.339 e. The van der Waals surface area contributed by atoms with Crippen LogP contribution in [0.5, 0.6) is 0 Å². The first-order valence-corrected chi connectivity index (χ1v) is 8.83. The molecule has 0 aromatic carbocycles. The quantitative estimate of drug-likeness (QED) is 0.894. The number of thiophene rings is 1. The molecule has 2 aromatic heterocycles. The number of hydrogen-bond donors (Lipinski definition) is 1. The van der Waals surface area contributed by atoms with E-state index >= 15 is 0 Å². The molecule has 1 aliphatic heterocycles. The topological polar surface area (TPSA) is 95.0 Å². The van der Waals surface area contributed by atoms with Crippen molar-refractivity contribution < 1.29 is 9.32 Å². The third-order valence-corrected chi connectivity index (χ3v) is 5.00. The summed E-state index contributed by atoms with van der Waals surface area (Å²) in [5, 5.41) is 18.1. The maximum atomic E-state index is 12.0. The fraction of sp³-hybridized carbons (Fsp3) is 0.500. The predicted octanol–water partition coefficient (Wildman–Crippen LogP) is 2.52. The van der Waals surface area contributed by atoms with Gasteiger partial charge in [-0.25, -0.2) is 0 Å². The number of anilines is 1. The van der Waals surface area contributed by atoms with Gasteiger partial charge in [0.05, 0.1) is 5.56 Å². The van der Waals surface area contributed by atoms with Crippen molar-refractivity contribution in [3.8, 4) is 6.07 Å². The fourth-order valence-electron chi connectivity index (χ4n) is 2.83. The van der Waals surface area contributed by atoms with E-state index < -0.39 is 0 Å². The van der Waals surface area contributed by atoms with Gasteiger partial charge in [0.15, 0.2) is 5.82 Å². The lowest BCUT2D eigenvalue weighted by Crippen LogP contribution is -2.35. The summed E-state index contributed by atoms with van der Waals surface area (Å²) < 4.78 is 5.25. The molecule has 0 spiro atoms. The van der Waals surface area contributed by atoms with Gasteiger partial charge >= 0.3 is 0 Å². The van der Waals surface area contributed by atoms with E-state index in [2.05, 4.69) is 26.4 Å². The van der Waals surface area contributed by atoms with E-state index in [0.29, 0.717) is 35.3 Å². The van der Waals surface area contributed by atoms with Crippen LogP contribution in [0.15, 0.2) is 16.0 Å². The van der Waals surface area contributed by atoms with Crippen LogP contribution in [0.3, 0.4) is 0 Å². The molecule has 0 unspecified atom stereocenters. The Kier molecular flexibility index (Phi) is 5.23. The summed E-state index contributed by atoms with van der Waals surface area (Å²) in [6.45, 7) is 4.38. The van der Waals surface area contributed by atoms with Gasteiger partial charge in [-0.05, 0) is 44.3 Å². The van der Waals surface area contributed by atoms with Crippen molar-refractivity contribution in [1.82, 2.24) is 15.0 Å². The van der Waals surface area contributed by atoms with Crippen molar-refractivity contribution >= 4 is 22.2 Å². The third kappa shape index (κ3) is 3.99. The Balaban J connectivity index is 1.42. The van der Waals surface area contributed by atoms with E-state index in [-0.39, 0.29) is 5.91 Å². The number of hydrogen-bond acceptors (Lipinski definition) is 7. The number of aryl methyl sites for hydroxylation is 1. The summed E-state index contributed by atoms with van der Waals surface area (Å²) in [6, 6.07) is 3.79. The number of amides is 1. The highest BCUT2D eigenvalue weighted by molar-refractivity contribution is 7.14. The van der Waals surface area contributed by atoms with Crippen LogP contribution in [0.4, 0.5) is 5.00 Å². The first kappa shape index (κ1) is 16.6. The summed E-state index contributed by atoms with van der Waals surface area (Å²) in [4.78, 5) is 18.6. The molecule has 0 bridgehead atoms. The molecule has 3 heterocycles. The molecule has 0 radical (unpaired) electrons. The second-order valence-electron chi connectivity index (χ2n) is 5.87. The van der Waals surface area contributed by atoms with Crippen LogP contribution in [-0.2, 0) is 4.79 Å². The summed E-state index contributed by atoms with van der Waals surface area (Å²) in [6.07, 6.45) is 2.35. The van der Waals surface area contributed by atoms with E-state index in [9.17, 15) is 4.79 Å². The lowest BCUT2D eigenvalue weighted by molar-refractivity contribution is -0.116. The van der Waals surface area contributed by atoms with Crippen molar-refractivity contribution in [2.24, 2.45) is 0 Å². The average Bonchev–Trinajstić information content (AvgIpc) is 3.22. The van der Waals surface area contributed by atoms with Gasteiger partial charge in [-0.15, -0.1) is 11.3 Å². The van der Waals surface area contributed by atoms with Crippen LogP contribution in [0, 0.1) is 18.3 Å². The average molecular weight is 345 g/mol. The highest BCUT2D eigenvalue weighted by atomic mass is 32.1. The third-order valence-electron chi connectivity index (χ3n) is 4.17. The van der Waals surface area contributed by atoms with Crippen molar-refractivity contribution in [3.05, 3.63) is 28.7 Å². The maximum Gasteiger partial charge on any atom is 0.229 e. The van der Waals surface area contributed by atoms with E-state index in [0.717, 1.165) is 31.8 Å². The smallest absolute Gasteiger partial charge is 0.229 e. The van der Waals surface area contributed by atoms with Gasteiger partial charge in [0.2, 0.25) is 11.8 Å². The van der Waals surface area contributed by atoms with Crippen LogP contribution in [0.25, 0.3) is 0 Å². The Morgan fingerprint density at radius 1 is 1.54 bits per heavy atom. The number of carbonyl (C=O) groups excluding carboxylic acids is 1. The SMILES string of the molecule is Cc1noc(C2CCN(CCC(=O)Nc3sccc3C#N)CC2)n1. The van der Waals surface area contributed by atoms with Gasteiger partial charge in [0.1, 0.15) is 11.1 Å². The normalized spacial score (nSPS) is 16.0. The van der Waals surface area contributed by atoms with Crippen LogP contribution < -0.4 is 5.32 Å². The zero-order chi connectivity index (χ0) is 16.9. The molecule has 8 heteroatoms. The summed E-state index contributed by atoms with van der Waals surface area (Å²) in [5.74, 6) is 1.67. The highest BCUT2D eigenvalue weighted by Crippen LogP contribution is 2.27. The van der Waals surface area contributed by atoms with Crippen molar-refractivity contribution in [2.75, 3.05) is 25.0 Å². The van der Waals surface area contributed by atoms with E-state index in [1.807, 2.05) is 6.92 Å². The number of nitrogens with zero attached hydrogens (tertiary/aromatic N) is 4. The molecule has 0 saturated carbocycles. The molecule has 7 nitrogen and oxygen atoms in total. The summed E-state index contributed by atoms with van der Waals surface area (Å²) in [5.41, 5.74) is 0.518. The summed E-state index contributed by atoms with van der Waals surface area (Å²) in [7, 11) is 0. The number of likely N-dealkylation sites (tertiary alicyclic amines) is 1. The van der Waals surface area contributed by atoms with Gasteiger partial charge in [0.25, 0.3) is 0 Å². The molecule has 0 atom stereocenters. The summed E-state index contributed by atoms with van der Waals surface area (Å²) >= 11 is 1.37. The molecular formula is C16H19N5O2S.